The lowest BCUT2D eigenvalue weighted by atomic mass is 10.2. The summed E-state index contributed by atoms with van der Waals surface area (Å²) in [5, 5.41) is 22.3. The fraction of sp³-hybridized carbons (Fsp3) is 0.357. The minimum absolute atomic E-state index is 0.0258. The summed E-state index contributed by atoms with van der Waals surface area (Å²) in [5.74, 6) is -0.696. The summed E-state index contributed by atoms with van der Waals surface area (Å²) < 4.78 is 38.0. The smallest absolute Gasteiger partial charge is 0.300 e. The second-order valence-electron chi connectivity index (χ2n) is 5.03. The molecule has 0 bridgehead atoms. The van der Waals surface area contributed by atoms with Gasteiger partial charge in [0.05, 0.1) is 21.1 Å². The van der Waals surface area contributed by atoms with Gasteiger partial charge in [0.25, 0.3) is 5.69 Å². The van der Waals surface area contributed by atoms with Crippen LogP contribution in [0.5, 0.6) is 0 Å². The maximum absolute atomic E-state index is 12.7. The standard InChI is InChI=1S/C14H13F3N4O3S2/c1-2-3-12-19-20-13(26-12)18-11(22)7-25-10-5-4-8(14(15,16)17)6-9(10)21(23)24/h4-6H,2-3,7H2,1H3,(H,18,20,22). The van der Waals surface area contributed by atoms with Crippen LogP contribution in [0.2, 0.25) is 0 Å². The van der Waals surface area contributed by atoms with Crippen molar-refractivity contribution in [1.82, 2.24) is 10.2 Å². The average Bonchev–Trinajstić information content (AvgIpc) is 2.99. The maximum Gasteiger partial charge on any atom is 0.416 e. The van der Waals surface area contributed by atoms with Crippen LogP contribution >= 0.6 is 23.1 Å². The number of nitrogens with one attached hydrogen (secondary N) is 1. The Morgan fingerprint density at radius 1 is 1.38 bits per heavy atom. The van der Waals surface area contributed by atoms with Crippen LogP contribution in [0.1, 0.15) is 23.9 Å². The third kappa shape index (κ3) is 5.39. The minimum Gasteiger partial charge on any atom is -0.300 e. The molecule has 1 aromatic carbocycles. The van der Waals surface area contributed by atoms with Crippen molar-refractivity contribution < 1.29 is 22.9 Å². The van der Waals surface area contributed by atoms with Gasteiger partial charge in [0.1, 0.15) is 5.01 Å². The van der Waals surface area contributed by atoms with Crippen LogP contribution in [0.15, 0.2) is 23.1 Å². The van der Waals surface area contributed by atoms with Crippen LogP contribution in [-0.2, 0) is 17.4 Å². The van der Waals surface area contributed by atoms with Gasteiger partial charge in [-0.2, -0.15) is 13.2 Å². The number of rotatable bonds is 7. The molecule has 12 heteroatoms. The molecule has 0 unspecified atom stereocenters. The third-order valence-electron chi connectivity index (χ3n) is 3.02. The number of alkyl halides is 3. The quantitative estimate of drug-likeness (QED) is 0.421. The van der Waals surface area contributed by atoms with Crippen LogP contribution in [0.25, 0.3) is 0 Å². The first-order valence-corrected chi connectivity index (χ1v) is 9.11. The van der Waals surface area contributed by atoms with Gasteiger partial charge in [0.15, 0.2) is 0 Å². The van der Waals surface area contributed by atoms with Crippen LogP contribution < -0.4 is 5.32 Å². The normalized spacial score (nSPS) is 11.4. The van der Waals surface area contributed by atoms with E-state index in [1.54, 1.807) is 0 Å². The molecular formula is C14H13F3N4O3S2. The summed E-state index contributed by atoms with van der Waals surface area (Å²) in [6.45, 7) is 1.98. The number of carbonyl (C=O) groups excluding carboxylic acids is 1. The minimum atomic E-state index is -4.68. The van der Waals surface area contributed by atoms with Crippen molar-refractivity contribution in [3.63, 3.8) is 0 Å². The zero-order valence-electron chi connectivity index (χ0n) is 13.4. The van der Waals surface area contributed by atoms with Gasteiger partial charge in [0, 0.05) is 12.5 Å². The van der Waals surface area contributed by atoms with E-state index in [2.05, 4.69) is 15.5 Å². The third-order valence-corrected chi connectivity index (χ3v) is 4.98. The fourth-order valence-corrected chi connectivity index (χ4v) is 3.54. The first-order valence-electron chi connectivity index (χ1n) is 7.31. The van der Waals surface area contributed by atoms with Gasteiger partial charge in [-0.25, -0.2) is 0 Å². The number of amides is 1. The predicted molar refractivity (Wildman–Crippen MR) is 91.4 cm³/mol. The molecule has 1 aromatic heterocycles. The average molecular weight is 406 g/mol. The van der Waals surface area contributed by atoms with E-state index < -0.39 is 28.3 Å². The number of carbonyl (C=O) groups is 1. The second kappa shape index (κ2) is 8.45. The molecule has 1 heterocycles. The monoisotopic (exact) mass is 406 g/mol. The Kier molecular flexibility index (Phi) is 6.53. The molecular weight excluding hydrogens is 393 g/mol. The van der Waals surface area contributed by atoms with Gasteiger partial charge in [-0.1, -0.05) is 18.3 Å². The van der Waals surface area contributed by atoms with Crippen molar-refractivity contribution >= 4 is 39.8 Å². The molecule has 0 aliphatic carbocycles. The van der Waals surface area contributed by atoms with Gasteiger partial charge in [0.2, 0.25) is 11.0 Å². The number of benzene rings is 1. The number of nitrogens with zero attached hydrogens (tertiary/aromatic N) is 3. The SMILES string of the molecule is CCCc1nnc(NC(=O)CSc2ccc(C(F)(F)F)cc2[N+](=O)[O-])s1. The van der Waals surface area contributed by atoms with Crippen LogP contribution in [0, 0.1) is 10.1 Å². The molecule has 2 rings (SSSR count). The molecule has 0 saturated heterocycles. The first kappa shape index (κ1) is 20.1. The molecule has 0 radical (unpaired) electrons. The molecule has 26 heavy (non-hydrogen) atoms. The largest absolute Gasteiger partial charge is 0.416 e. The summed E-state index contributed by atoms with van der Waals surface area (Å²) in [5.41, 5.74) is -1.81. The van der Waals surface area contributed by atoms with E-state index in [0.717, 1.165) is 41.7 Å². The number of nitro benzene ring substituents is 1. The zero-order valence-corrected chi connectivity index (χ0v) is 15.0. The Morgan fingerprint density at radius 3 is 2.73 bits per heavy atom. The van der Waals surface area contributed by atoms with Crippen LogP contribution in [-0.4, -0.2) is 26.8 Å². The summed E-state index contributed by atoms with van der Waals surface area (Å²) in [4.78, 5) is 22.0. The summed E-state index contributed by atoms with van der Waals surface area (Å²) in [7, 11) is 0. The van der Waals surface area contributed by atoms with E-state index in [1.165, 1.54) is 11.3 Å². The van der Waals surface area contributed by atoms with Crippen molar-refractivity contribution in [3.8, 4) is 0 Å². The van der Waals surface area contributed by atoms with E-state index in [9.17, 15) is 28.1 Å². The highest BCUT2D eigenvalue weighted by Crippen LogP contribution is 2.36. The molecule has 2 aromatic rings. The van der Waals surface area contributed by atoms with Gasteiger partial charge in [-0.05, 0) is 18.6 Å². The Labute approximate surface area is 154 Å². The van der Waals surface area contributed by atoms with E-state index in [4.69, 9.17) is 0 Å². The van der Waals surface area contributed by atoms with Crippen molar-refractivity contribution in [3.05, 3.63) is 38.9 Å². The van der Waals surface area contributed by atoms with Crippen molar-refractivity contribution in [2.45, 2.75) is 30.8 Å². The summed E-state index contributed by atoms with van der Waals surface area (Å²) in [6, 6.07) is 2.19. The Balaban J connectivity index is 2.03. The van der Waals surface area contributed by atoms with Crippen molar-refractivity contribution in [2.75, 3.05) is 11.1 Å². The second-order valence-corrected chi connectivity index (χ2v) is 7.10. The summed E-state index contributed by atoms with van der Waals surface area (Å²) in [6.07, 6.45) is -3.06. The van der Waals surface area contributed by atoms with Crippen LogP contribution in [0.4, 0.5) is 24.0 Å². The highest BCUT2D eigenvalue weighted by atomic mass is 32.2. The van der Waals surface area contributed by atoms with Gasteiger partial charge in [-0.3, -0.25) is 20.2 Å². The highest BCUT2D eigenvalue weighted by molar-refractivity contribution is 8.00. The Hall–Kier alpha value is -2.21. The molecule has 1 N–H and O–H groups in total. The highest BCUT2D eigenvalue weighted by Gasteiger charge is 2.33. The van der Waals surface area contributed by atoms with Crippen molar-refractivity contribution in [1.29, 1.82) is 0 Å². The molecule has 0 spiro atoms. The maximum atomic E-state index is 12.7. The number of hydrogen-bond donors (Lipinski definition) is 1. The number of anilines is 1. The Bertz CT molecular complexity index is 811. The fourth-order valence-electron chi connectivity index (χ4n) is 1.88. The zero-order chi connectivity index (χ0) is 19.3. The molecule has 140 valence electrons. The van der Waals surface area contributed by atoms with E-state index >= 15 is 0 Å². The lowest BCUT2D eigenvalue weighted by Crippen LogP contribution is -2.14. The Morgan fingerprint density at radius 2 is 2.12 bits per heavy atom. The number of aromatic nitrogens is 2. The predicted octanol–water partition coefficient (Wildman–Crippen LogP) is 4.15. The van der Waals surface area contributed by atoms with Crippen molar-refractivity contribution in [2.24, 2.45) is 0 Å². The molecule has 0 aliphatic rings. The molecule has 0 aliphatic heterocycles. The van der Waals surface area contributed by atoms with E-state index in [0.29, 0.717) is 11.2 Å². The molecule has 0 fully saturated rings. The molecule has 1 amide bonds. The number of thioether (sulfide) groups is 1. The molecule has 0 saturated carbocycles. The number of halogens is 3. The lowest BCUT2D eigenvalue weighted by molar-refractivity contribution is -0.388. The molecule has 7 nitrogen and oxygen atoms in total. The van der Waals surface area contributed by atoms with Gasteiger partial charge in [-0.15, -0.1) is 22.0 Å². The number of nitro groups is 1. The number of aryl methyl sites for hydroxylation is 1. The van der Waals surface area contributed by atoms with Crippen LogP contribution in [0.3, 0.4) is 0 Å². The van der Waals surface area contributed by atoms with Gasteiger partial charge < -0.3 is 0 Å². The first-order chi connectivity index (χ1) is 12.2. The molecule has 0 atom stereocenters. The van der Waals surface area contributed by atoms with Gasteiger partial charge >= 0.3 is 6.18 Å². The topological polar surface area (TPSA) is 98.0 Å². The van der Waals surface area contributed by atoms with E-state index in [1.807, 2.05) is 6.92 Å². The number of hydrogen-bond acceptors (Lipinski definition) is 7. The lowest BCUT2D eigenvalue weighted by Gasteiger charge is -2.08. The van der Waals surface area contributed by atoms with E-state index in [-0.39, 0.29) is 10.6 Å². The summed E-state index contributed by atoms with van der Waals surface area (Å²) >= 11 is 2.00.